The molecule has 0 fully saturated rings. The maximum absolute atomic E-state index is 9.77. The molecule has 1 aromatic rings. The van der Waals surface area contributed by atoms with Gasteiger partial charge in [-0.2, -0.15) is 0 Å². The molecule has 76 valence electrons. The van der Waals surface area contributed by atoms with Crippen molar-refractivity contribution >= 4 is 0 Å². The molecule has 2 rings (SSSR count). The normalized spacial score (nSPS) is 20.4. The Balaban J connectivity index is 2.26. The highest BCUT2D eigenvalue weighted by Crippen LogP contribution is 2.35. The fourth-order valence-electron chi connectivity index (χ4n) is 1.61. The number of fused-ring (bicyclic) bond motifs is 1. The van der Waals surface area contributed by atoms with Crippen molar-refractivity contribution in [3.63, 3.8) is 0 Å². The van der Waals surface area contributed by atoms with Gasteiger partial charge in [-0.25, -0.2) is 0 Å². The quantitative estimate of drug-likeness (QED) is 0.711. The highest BCUT2D eigenvalue weighted by atomic mass is 16.5. The Morgan fingerprint density at radius 2 is 2.14 bits per heavy atom. The summed E-state index contributed by atoms with van der Waals surface area (Å²) in [7, 11) is 0. The number of phenolic OH excluding ortho intramolecular Hbond substituents is 1. The maximum atomic E-state index is 9.77. The highest BCUT2D eigenvalue weighted by Gasteiger charge is 2.34. The molecule has 1 aromatic carbocycles. The van der Waals surface area contributed by atoms with Gasteiger partial charge in [-0.3, -0.25) is 0 Å². The lowest BCUT2D eigenvalue weighted by molar-refractivity contribution is -0.0230. The lowest BCUT2D eigenvalue weighted by Crippen LogP contribution is -2.39. The van der Waals surface area contributed by atoms with Crippen LogP contribution in [0, 0.1) is 0 Å². The van der Waals surface area contributed by atoms with E-state index < -0.39 is 5.60 Å². The molecule has 0 radical (unpaired) electrons. The molecule has 0 saturated heterocycles. The maximum Gasteiger partial charge on any atom is 0.131 e. The van der Waals surface area contributed by atoms with E-state index >= 15 is 0 Å². The van der Waals surface area contributed by atoms with Crippen LogP contribution in [0.5, 0.6) is 11.5 Å². The Morgan fingerprint density at radius 1 is 1.43 bits per heavy atom. The monoisotopic (exact) mass is 194 g/mol. The first-order chi connectivity index (χ1) is 6.47. The van der Waals surface area contributed by atoms with E-state index in [1.54, 1.807) is 26.0 Å². The molecule has 3 nitrogen and oxygen atoms in total. The van der Waals surface area contributed by atoms with Gasteiger partial charge in [0.15, 0.2) is 0 Å². The van der Waals surface area contributed by atoms with Gasteiger partial charge < -0.3 is 14.9 Å². The molecular weight excluding hydrogens is 180 g/mol. The SMILES string of the molecule is CC(C)(O)C1Cc2ccc(O)cc2O1. The van der Waals surface area contributed by atoms with E-state index in [2.05, 4.69) is 0 Å². The van der Waals surface area contributed by atoms with E-state index in [4.69, 9.17) is 4.74 Å². The average molecular weight is 194 g/mol. The third-order valence-electron chi connectivity index (χ3n) is 2.51. The van der Waals surface area contributed by atoms with Crippen LogP contribution in [-0.4, -0.2) is 21.9 Å². The van der Waals surface area contributed by atoms with Crippen LogP contribution in [0.1, 0.15) is 19.4 Å². The molecule has 3 heteroatoms. The van der Waals surface area contributed by atoms with Gasteiger partial charge in [-0.15, -0.1) is 0 Å². The lowest BCUT2D eigenvalue weighted by atomic mass is 9.97. The standard InChI is InChI=1S/C11H14O3/c1-11(2,13)10-5-7-3-4-8(12)6-9(7)14-10/h3-4,6,10,12-13H,5H2,1-2H3. The van der Waals surface area contributed by atoms with Crippen molar-refractivity contribution in [2.24, 2.45) is 0 Å². The second-order valence-corrected chi connectivity index (χ2v) is 4.26. The fraction of sp³-hybridized carbons (Fsp3) is 0.455. The van der Waals surface area contributed by atoms with Crippen molar-refractivity contribution in [3.05, 3.63) is 23.8 Å². The summed E-state index contributed by atoms with van der Waals surface area (Å²) in [5.74, 6) is 0.872. The van der Waals surface area contributed by atoms with Gasteiger partial charge in [0, 0.05) is 12.5 Å². The van der Waals surface area contributed by atoms with Crippen LogP contribution in [0.2, 0.25) is 0 Å². The molecule has 1 heterocycles. The van der Waals surface area contributed by atoms with E-state index in [-0.39, 0.29) is 11.9 Å². The first-order valence-corrected chi connectivity index (χ1v) is 4.68. The molecule has 0 bridgehead atoms. The second-order valence-electron chi connectivity index (χ2n) is 4.26. The van der Waals surface area contributed by atoms with Crippen LogP contribution in [0.4, 0.5) is 0 Å². The number of rotatable bonds is 1. The molecule has 1 unspecified atom stereocenters. The zero-order valence-electron chi connectivity index (χ0n) is 8.32. The van der Waals surface area contributed by atoms with Crippen molar-refractivity contribution < 1.29 is 14.9 Å². The van der Waals surface area contributed by atoms with Crippen LogP contribution in [0.25, 0.3) is 0 Å². The van der Waals surface area contributed by atoms with Gasteiger partial charge >= 0.3 is 0 Å². The summed E-state index contributed by atoms with van der Waals surface area (Å²) < 4.78 is 5.54. The van der Waals surface area contributed by atoms with E-state index in [1.807, 2.05) is 6.07 Å². The van der Waals surface area contributed by atoms with E-state index in [0.717, 1.165) is 5.56 Å². The predicted octanol–water partition coefficient (Wildman–Crippen LogP) is 1.47. The minimum Gasteiger partial charge on any atom is -0.508 e. The molecule has 2 N–H and O–H groups in total. The summed E-state index contributed by atoms with van der Waals surface area (Å²) >= 11 is 0. The third-order valence-corrected chi connectivity index (χ3v) is 2.51. The Labute approximate surface area is 83.0 Å². The molecular formula is C11H14O3. The van der Waals surface area contributed by atoms with Crippen molar-refractivity contribution in [1.82, 2.24) is 0 Å². The highest BCUT2D eigenvalue weighted by molar-refractivity contribution is 5.43. The Bertz CT molecular complexity index is 352. The van der Waals surface area contributed by atoms with Crippen molar-refractivity contribution in [2.75, 3.05) is 0 Å². The molecule has 0 saturated carbocycles. The van der Waals surface area contributed by atoms with Crippen LogP contribution in [0.15, 0.2) is 18.2 Å². The minimum absolute atomic E-state index is 0.195. The minimum atomic E-state index is -0.853. The third kappa shape index (κ3) is 1.55. The number of hydrogen-bond donors (Lipinski definition) is 2. The van der Waals surface area contributed by atoms with Gasteiger partial charge in [0.2, 0.25) is 0 Å². The number of benzene rings is 1. The van der Waals surface area contributed by atoms with Crippen molar-refractivity contribution in [2.45, 2.75) is 32.0 Å². The number of hydrogen-bond acceptors (Lipinski definition) is 3. The summed E-state index contributed by atoms with van der Waals surface area (Å²) in [5, 5.41) is 19.0. The molecule has 0 aliphatic carbocycles. The van der Waals surface area contributed by atoms with Crippen molar-refractivity contribution in [1.29, 1.82) is 0 Å². The number of ether oxygens (including phenoxy) is 1. The fourth-order valence-corrected chi connectivity index (χ4v) is 1.61. The molecule has 0 amide bonds. The van der Waals surface area contributed by atoms with Crippen LogP contribution < -0.4 is 4.74 Å². The van der Waals surface area contributed by atoms with Crippen LogP contribution in [-0.2, 0) is 6.42 Å². The Kier molecular flexibility index (Phi) is 1.93. The molecule has 14 heavy (non-hydrogen) atoms. The van der Waals surface area contributed by atoms with Crippen LogP contribution in [0.3, 0.4) is 0 Å². The Morgan fingerprint density at radius 3 is 2.79 bits per heavy atom. The molecule has 0 aromatic heterocycles. The van der Waals surface area contributed by atoms with E-state index in [0.29, 0.717) is 12.2 Å². The predicted molar refractivity (Wildman–Crippen MR) is 52.5 cm³/mol. The average Bonchev–Trinajstić information content (AvgIpc) is 2.45. The smallest absolute Gasteiger partial charge is 0.131 e. The van der Waals surface area contributed by atoms with Gasteiger partial charge in [-0.05, 0) is 25.5 Å². The number of aromatic hydroxyl groups is 1. The Hall–Kier alpha value is -1.22. The largest absolute Gasteiger partial charge is 0.508 e. The zero-order chi connectivity index (χ0) is 10.3. The number of aliphatic hydroxyl groups is 1. The second kappa shape index (κ2) is 2.89. The summed E-state index contributed by atoms with van der Waals surface area (Å²) in [6.45, 7) is 3.45. The summed E-state index contributed by atoms with van der Waals surface area (Å²) in [4.78, 5) is 0. The number of phenols is 1. The molecule has 1 atom stereocenters. The van der Waals surface area contributed by atoms with E-state index in [9.17, 15) is 10.2 Å². The molecule has 1 aliphatic rings. The van der Waals surface area contributed by atoms with E-state index in [1.165, 1.54) is 0 Å². The lowest BCUT2D eigenvalue weighted by Gasteiger charge is -2.24. The molecule has 0 spiro atoms. The van der Waals surface area contributed by atoms with Crippen LogP contribution >= 0.6 is 0 Å². The van der Waals surface area contributed by atoms with Gasteiger partial charge in [0.1, 0.15) is 17.6 Å². The summed E-state index contributed by atoms with van der Waals surface area (Å²) in [5.41, 5.74) is 0.184. The van der Waals surface area contributed by atoms with Gasteiger partial charge in [0.05, 0.1) is 5.60 Å². The first kappa shape index (κ1) is 9.34. The first-order valence-electron chi connectivity index (χ1n) is 4.68. The molecule has 1 aliphatic heterocycles. The topological polar surface area (TPSA) is 49.7 Å². The van der Waals surface area contributed by atoms with Gasteiger partial charge in [0.25, 0.3) is 0 Å². The summed E-state index contributed by atoms with van der Waals surface area (Å²) in [6, 6.07) is 5.05. The summed E-state index contributed by atoms with van der Waals surface area (Å²) in [6.07, 6.45) is 0.471. The van der Waals surface area contributed by atoms with Gasteiger partial charge in [-0.1, -0.05) is 6.07 Å². The van der Waals surface area contributed by atoms with Crippen molar-refractivity contribution in [3.8, 4) is 11.5 Å². The zero-order valence-corrected chi connectivity index (χ0v) is 8.32.